The molecule has 6 heteroatoms. The number of hydrogen-bond acceptors (Lipinski definition) is 6. The molecule has 0 aromatic carbocycles. The fourth-order valence-corrected chi connectivity index (χ4v) is 2.48. The molecule has 5 nitrogen and oxygen atoms in total. The zero-order chi connectivity index (χ0) is 13.5. The zero-order valence-corrected chi connectivity index (χ0v) is 11.5. The Morgan fingerprint density at radius 1 is 1.26 bits per heavy atom. The number of rotatable bonds is 8. The third-order valence-corrected chi connectivity index (χ3v) is 3.58. The Bertz CT molecular complexity index is 470. The maximum absolute atomic E-state index is 9.02. The van der Waals surface area contributed by atoms with Gasteiger partial charge in [-0.25, -0.2) is 4.98 Å². The summed E-state index contributed by atoms with van der Waals surface area (Å²) in [6, 6.07) is 3.93. The molecule has 2 rings (SSSR count). The maximum Gasteiger partial charge on any atom is 0.236 e. The van der Waals surface area contributed by atoms with Gasteiger partial charge in [-0.05, 0) is 17.9 Å². The minimum atomic E-state index is 0.0983. The second-order valence-corrected chi connectivity index (χ2v) is 5.15. The lowest BCUT2D eigenvalue weighted by Gasteiger charge is -2.19. The summed E-state index contributed by atoms with van der Waals surface area (Å²) in [5, 5.41) is 19.9. The summed E-state index contributed by atoms with van der Waals surface area (Å²) < 4.78 is 5.45. The predicted octanol–water partition coefficient (Wildman–Crippen LogP) is 1.58. The van der Waals surface area contributed by atoms with Crippen molar-refractivity contribution < 1.29 is 14.6 Å². The average Bonchev–Trinajstić information content (AvgIpc) is 3.06. The summed E-state index contributed by atoms with van der Waals surface area (Å²) in [6.07, 6.45) is 2.34. The van der Waals surface area contributed by atoms with Crippen molar-refractivity contribution in [3.63, 3.8) is 0 Å². The number of hydrogen-bond donors (Lipinski definition) is 2. The molecule has 0 unspecified atom stereocenters. The van der Waals surface area contributed by atoms with Crippen LogP contribution in [0.3, 0.4) is 0 Å². The molecule has 0 saturated carbocycles. The molecule has 0 aliphatic rings. The number of thiophene rings is 1. The first-order chi connectivity index (χ1) is 9.33. The van der Waals surface area contributed by atoms with Crippen molar-refractivity contribution >= 4 is 11.3 Å². The van der Waals surface area contributed by atoms with Crippen molar-refractivity contribution in [2.45, 2.75) is 13.0 Å². The van der Waals surface area contributed by atoms with Gasteiger partial charge in [-0.2, -0.15) is 0 Å². The molecule has 0 aliphatic heterocycles. The van der Waals surface area contributed by atoms with Gasteiger partial charge in [0, 0.05) is 26.2 Å². The van der Waals surface area contributed by atoms with Crippen LogP contribution in [0.2, 0.25) is 0 Å². The van der Waals surface area contributed by atoms with Gasteiger partial charge < -0.3 is 14.6 Å². The predicted molar refractivity (Wildman–Crippen MR) is 73.9 cm³/mol. The summed E-state index contributed by atoms with van der Waals surface area (Å²) in [5.41, 5.74) is 0.842. The number of nitrogens with zero attached hydrogens (tertiary/aromatic N) is 2. The largest absolute Gasteiger partial charge is 0.444 e. The lowest BCUT2D eigenvalue weighted by molar-refractivity contribution is 0.173. The molecule has 0 aliphatic carbocycles. The normalized spacial score (nSPS) is 11.3. The van der Waals surface area contributed by atoms with Crippen molar-refractivity contribution in [3.8, 4) is 10.8 Å². The molecule has 0 fully saturated rings. The Morgan fingerprint density at radius 2 is 2.16 bits per heavy atom. The highest BCUT2D eigenvalue weighted by molar-refractivity contribution is 7.13. The Labute approximate surface area is 116 Å². The van der Waals surface area contributed by atoms with Gasteiger partial charge in [-0.15, -0.1) is 11.3 Å². The highest BCUT2D eigenvalue weighted by Crippen LogP contribution is 2.23. The molecule has 2 aromatic rings. The number of aliphatic hydroxyl groups excluding tert-OH is 2. The first-order valence-electron chi connectivity index (χ1n) is 6.26. The SMILES string of the molecule is OCCCN(CCO)Cc1coc(-c2cccs2)n1. The van der Waals surface area contributed by atoms with Gasteiger partial charge in [0.2, 0.25) is 5.89 Å². The average molecular weight is 282 g/mol. The fourth-order valence-electron chi connectivity index (χ4n) is 1.83. The van der Waals surface area contributed by atoms with E-state index < -0.39 is 0 Å². The van der Waals surface area contributed by atoms with Gasteiger partial charge in [-0.1, -0.05) is 6.07 Å². The van der Waals surface area contributed by atoms with Crippen LogP contribution in [0.1, 0.15) is 12.1 Å². The van der Waals surface area contributed by atoms with E-state index in [4.69, 9.17) is 14.6 Å². The monoisotopic (exact) mass is 282 g/mol. The number of aromatic nitrogens is 1. The van der Waals surface area contributed by atoms with Gasteiger partial charge in [0.15, 0.2) is 0 Å². The van der Waals surface area contributed by atoms with Crippen LogP contribution in [-0.2, 0) is 6.54 Å². The van der Waals surface area contributed by atoms with E-state index in [2.05, 4.69) is 4.98 Å². The van der Waals surface area contributed by atoms with Crippen molar-refractivity contribution in [1.82, 2.24) is 9.88 Å². The van der Waals surface area contributed by atoms with Gasteiger partial charge in [-0.3, -0.25) is 4.90 Å². The van der Waals surface area contributed by atoms with Crippen molar-refractivity contribution in [3.05, 3.63) is 29.5 Å². The molecule has 0 amide bonds. The molecule has 2 N–H and O–H groups in total. The smallest absolute Gasteiger partial charge is 0.236 e. The standard InChI is InChI=1S/C13H18N2O3S/c16-6-2-4-15(5-7-17)9-11-10-18-13(14-11)12-3-1-8-19-12/h1,3,8,10,16-17H,2,4-7,9H2. The topological polar surface area (TPSA) is 69.7 Å². The Kier molecular flexibility index (Phi) is 5.53. The van der Waals surface area contributed by atoms with E-state index in [9.17, 15) is 0 Å². The minimum Gasteiger partial charge on any atom is -0.444 e. The van der Waals surface area contributed by atoms with E-state index >= 15 is 0 Å². The van der Waals surface area contributed by atoms with Gasteiger partial charge in [0.1, 0.15) is 6.26 Å². The van der Waals surface area contributed by atoms with Crippen LogP contribution in [0.4, 0.5) is 0 Å². The summed E-state index contributed by atoms with van der Waals surface area (Å²) in [4.78, 5) is 7.50. The summed E-state index contributed by atoms with van der Waals surface area (Å²) in [5.74, 6) is 0.635. The van der Waals surface area contributed by atoms with E-state index in [1.54, 1.807) is 17.6 Å². The minimum absolute atomic E-state index is 0.0983. The maximum atomic E-state index is 9.02. The molecular formula is C13H18N2O3S. The second-order valence-electron chi connectivity index (χ2n) is 4.20. The molecule has 0 bridgehead atoms. The van der Waals surface area contributed by atoms with Crippen molar-refractivity contribution in [2.75, 3.05) is 26.3 Å². The molecule has 2 heterocycles. The Balaban J connectivity index is 1.97. The van der Waals surface area contributed by atoms with Crippen LogP contribution in [-0.4, -0.2) is 46.4 Å². The third kappa shape index (κ3) is 4.14. The third-order valence-electron chi connectivity index (χ3n) is 2.72. The lowest BCUT2D eigenvalue weighted by atomic mass is 10.3. The highest BCUT2D eigenvalue weighted by Gasteiger charge is 2.11. The Hall–Kier alpha value is -1.21. The van der Waals surface area contributed by atoms with Crippen LogP contribution in [0.25, 0.3) is 10.8 Å². The molecule has 104 valence electrons. The van der Waals surface area contributed by atoms with Crippen LogP contribution >= 0.6 is 11.3 Å². The quantitative estimate of drug-likeness (QED) is 0.769. The number of oxazole rings is 1. The van der Waals surface area contributed by atoms with Crippen molar-refractivity contribution in [1.29, 1.82) is 0 Å². The molecule has 0 saturated heterocycles. The van der Waals surface area contributed by atoms with Gasteiger partial charge in [0.25, 0.3) is 0 Å². The molecule has 0 spiro atoms. The summed E-state index contributed by atoms with van der Waals surface area (Å²) >= 11 is 1.59. The number of aliphatic hydroxyl groups is 2. The van der Waals surface area contributed by atoms with Gasteiger partial charge >= 0.3 is 0 Å². The fraction of sp³-hybridized carbons (Fsp3) is 0.462. The summed E-state index contributed by atoms with van der Waals surface area (Å²) in [7, 11) is 0. The van der Waals surface area contributed by atoms with E-state index in [0.29, 0.717) is 25.4 Å². The van der Waals surface area contributed by atoms with E-state index in [1.807, 2.05) is 22.4 Å². The highest BCUT2D eigenvalue weighted by atomic mass is 32.1. The van der Waals surface area contributed by atoms with Crippen molar-refractivity contribution in [2.24, 2.45) is 0 Å². The lowest BCUT2D eigenvalue weighted by Crippen LogP contribution is -2.28. The first kappa shape index (κ1) is 14.2. The first-order valence-corrected chi connectivity index (χ1v) is 7.14. The second kappa shape index (κ2) is 7.40. The van der Waals surface area contributed by atoms with Crippen LogP contribution in [0.5, 0.6) is 0 Å². The van der Waals surface area contributed by atoms with E-state index in [-0.39, 0.29) is 13.2 Å². The molecule has 0 atom stereocenters. The van der Waals surface area contributed by atoms with Gasteiger partial charge in [0.05, 0.1) is 17.2 Å². The molecule has 0 radical (unpaired) electrons. The van der Waals surface area contributed by atoms with Crippen LogP contribution in [0, 0.1) is 0 Å². The zero-order valence-electron chi connectivity index (χ0n) is 10.7. The summed E-state index contributed by atoms with van der Waals surface area (Å²) in [6.45, 7) is 2.18. The van der Waals surface area contributed by atoms with Crippen LogP contribution < -0.4 is 0 Å². The molecule has 2 aromatic heterocycles. The van der Waals surface area contributed by atoms with E-state index in [0.717, 1.165) is 17.1 Å². The molecule has 19 heavy (non-hydrogen) atoms. The Morgan fingerprint density at radius 3 is 2.84 bits per heavy atom. The van der Waals surface area contributed by atoms with E-state index in [1.165, 1.54) is 0 Å². The van der Waals surface area contributed by atoms with Crippen LogP contribution in [0.15, 0.2) is 28.2 Å². The molecular weight excluding hydrogens is 264 g/mol.